The molecule has 0 aliphatic heterocycles. The van der Waals surface area contributed by atoms with Gasteiger partial charge in [0.1, 0.15) is 5.58 Å². The molecule has 3 nitrogen and oxygen atoms in total. The molecule has 16 heavy (non-hydrogen) atoms. The van der Waals surface area contributed by atoms with Gasteiger partial charge in [0, 0.05) is 0 Å². The summed E-state index contributed by atoms with van der Waals surface area (Å²) in [4.78, 5) is 0. The van der Waals surface area contributed by atoms with Gasteiger partial charge in [-0.15, -0.1) is 0 Å². The number of hydrogen-bond donors (Lipinski definition) is 0. The van der Waals surface area contributed by atoms with E-state index in [1.54, 1.807) is 19.6 Å². The van der Waals surface area contributed by atoms with Crippen LogP contribution in [0.15, 0.2) is 0 Å². The fourth-order valence-corrected chi connectivity index (χ4v) is 2.49. The van der Waals surface area contributed by atoms with Crippen molar-refractivity contribution in [3.8, 4) is 0 Å². The summed E-state index contributed by atoms with van der Waals surface area (Å²) >= 11 is 2.48. The Morgan fingerprint density at radius 3 is 1.75 bits per heavy atom. The van der Waals surface area contributed by atoms with Crippen LogP contribution in [-0.2, 0) is 14.3 Å². The van der Waals surface area contributed by atoms with Crippen molar-refractivity contribution in [1.29, 1.82) is 0 Å². The summed E-state index contributed by atoms with van der Waals surface area (Å²) in [6.45, 7) is 5.12. The Morgan fingerprint density at radius 2 is 1.56 bits per heavy atom. The lowest BCUT2D eigenvalue weighted by Crippen LogP contribution is -2.34. The molecule has 0 aliphatic carbocycles. The van der Waals surface area contributed by atoms with Crippen molar-refractivity contribution < 1.29 is 30.2 Å². The van der Waals surface area contributed by atoms with Gasteiger partial charge in [-0.2, -0.15) is 21.6 Å². The zero-order valence-corrected chi connectivity index (χ0v) is 12.3. The zero-order chi connectivity index (χ0) is 13.6. The van der Waals surface area contributed by atoms with Gasteiger partial charge in [0.15, 0.2) is 0 Å². The van der Waals surface area contributed by atoms with Crippen molar-refractivity contribution >= 4 is 34.1 Å². The van der Waals surface area contributed by atoms with Crippen LogP contribution in [0.2, 0.25) is 19.6 Å². The van der Waals surface area contributed by atoms with E-state index in [4.69, 9.17) is 0 Å². The van der Waals surface area contributed by atoms with Gasteiger partial charge in [-0.3, -0.25) is 4.18 Å². The molecule has 0 spiro atoms. The zero-order valence-electron chi connectivity index (χ0n) is 8.94. The van der Waals surface area contributed by atoms with E-state index < -0.39 is 29.3 Å². The Morgan fingerprint density at radius 1 is 1.25 bits per heavy atom. The maximum absolute atomic E-state index is 11.7. The minimum Gasteiger partial charge on any atom is -0.267 e. The monoisotopic (exact) mass is 347 g/mol. The first-order valence-electron chi connectivity index (χ1n) is 3.95. The first-order valence-corrected chi connectivity index (χ1v) is 10.2. The van der Waals surface area contributed by atoms with E-state index in [1.807, 2.05) is 0 Å². The van der Waals surface area contributed by atoms with Gasteiger partial charge >= 0.3 is 15.6 Å². The van der Waals surface area contributed by atoms with Gasteiger partial charge in [-0.25, -0.2) is 4.39 Å². The first-order chi connectivity index (χ1) is 6.87. The molecule has 0 N–H and O–H groups in total. The molecule has 0 aromatic heterocycles. The molecule has 0 aromatic carbocycles. The summed E-state index contributed by atoms with van der Waals surface area (Å²) in [5.74, 6) is 0. The average molecular weight is 348 g/mol. The molecule has 0 saturated carbocycles. The molecule has 10 heteroatoms. The number of rotatable bonds is 3. The number of halogens is 5. The number of alkyl halides is 5. The van der Waals surface area contributed by atoms with E-state index in [0.29, 0.717) is 0 Å². The molecule has 0 saturated heterocycles. The molecular formula is C6H13BrF4O3SSi. The van der Waals surface area contributed by atoms with Crippen LogP contribution in [0.4, 0.5) is 17.6 Å². The summed E-state index contributed by atoms with van der Waals surface area (Å²) in [7, 11) is -7.34. The van der Waals surface area contributed by atoms with E-state index in [1.165, 1.54) is 0 Å². The van der Waals surface area contributed by atoms with Gasteiger partial charge in [0.25, 0.3) is 0 Å². The van der Waals surface area contributed by atoms with Crippen LogP contribution < -0.4 is 0 Å². The third kappa shape index (κ3) is 9.55. The maximum atomic E-state index is 11.7. The fourth-order valence-electron chi connectivity index (χ4n) is 0.321. The molecule has 0 fully saturated rings. The van der Waals surface area contributed by atoms with Crippen molar-refractivity contribution in [2.75, 3.05) is 11.8 Å². The molecule has 0 amide bonds. The van der Waals surface area contributed by atoms with Crippen molar-refractivity contribution in [1.82, 2.24) is 0 Å². The van der Waals surface area contributed by atoms with Crippen molar-refractivity contribution in [3.05, 3.63) is 0 Å². The van der Waals surface area contributed by atoms with Gasteiger partial charge < -0.3 is 0 Å². The smallest absolute Gasteiger partial charge is 0.267 e. The normalized spacial score (nSPS) is 13.0. The summed E-state index contributed by atoms with van der Waals surface area (Å²) < 4.78 is 70.0. The second-order valence-electron chi connectivity index (χ2n) is 3.82. The molecule has 0 rings (SSSR count). The van der Waals surface area contributed by atoms with Gasteiger partial charge in [0.05, 0.1) is 14.3 Å². The molecule has 0 heterocycles. The molecule has 0 radical (unpaired) electrons. The minimum atomic E-state index is -5.40. The van der Waals surface area contributed by atoms with Crippen LogP contribution in [0.5, 0.6) is 0 Å². The first kappa shape index (κ1) is 18.7. The largest absolute Gasteiger partial charge is 0.523 e. The molecule has 0 unspecified atom stereocenters. The second-order valence-corrected chi connectivity index (χ2v) is 11.3. The fraction of sp³-hybridized carbons (Fsp3) is 1.00. The Kier molecular flexibility index (Phi) is 8.08. The van der Waals surface area contributed by atoms with E-state index in [-0.39, 0.29) is 6.23 Å². The van der Waals surface area contributed by atoms with Gasteiger partial charge in [-0.05, 0) is 0 Å². The summed E-state index contributed by atoms with van der Waals surface area (Å²) in [5, 5.41) is 0. The standard InChI is InChI=1S/C5H11F3O3SSi.CH2BrF/c1-13(2,3)4-11-12(9,10)5(6,7)8;2-1-3/h4H2,1-3H3;1H2/i;3-1. The van der Waals surface area contributed by atoms with Crippen LogP contribution >= 0.6 is 15.9 Å². The second kappa shape index (κ2) is 6.92. The lowest BCUT2D eigenvalue weighted by atomic mass is 11.6. The van der Waals surface area contributed by atoms with Crippen molar-refractivity contribution in [2.45, 2.75) is 25.1 Å². The van der Waals surface area contributed by atoms with Gasteiger partial charge in [0.2, 0.25) is 0 Å². The Labute approximate surface area is 101 Å². The Balaban J connectivity index is 0. The van der Waals surface area contributed by atoms with Crippen LogP contribution in [0.1, 0.15) is 0 Å². The molecular weight excluding hydrogens is 335 g/mol. The SMILES string of the molecule is C[Si](C)(C)COS(=O)(=O)C(F)(F)F.[18F]CBr. The highest BCUT2D eigenvalue weighted by Crippen LogP contribution is 2.25. The molecule has 100 valence electrons. The molecule has 0 atom stereocenters. The third-order valence-corrected chi connectivity index (χ3v) is 3.15. The molecule has 0 aliphatic rings. The predicted molar refractivity (Wildman–Crippen MR) is 59.2 cm³/mol. The summed E-state index contributed by atoms with van der Waals surface area (Å²) in [6, 6.07) is 0. The molecule has 0 bridgehead atoms. The van der Waals surface area contributed by atoms with Crippen LogP contribution in [0, 0.1) is 0 Å². The van der Waals surface area contributed by atoms with E-state index in [2.05, 4.69) is 20.1 Å². The topological polar surface area (TPSA) is 43.4 Å². The Bertz CT molecular complexity index is 285. The lowest BCUT2D eigenvalue weighted by Gasteiger charge is -2.16. The van der Waals surface area contributed by atoms with E-state index in [9.17, 15) is 26.0 Å². The van der Waals surface area contributed by atoms with E-state index >= 15 is 0 Å². The van der Waals surface area contributed by atoms with Crippen LogP contribution in [-0.4, -0.2) is 33.8 Å². The Hall–Kier alpha value is 0.327. The molecule has 0 aromatic rings. The predicted octanol–water partition coefficient (Wildman–Crippen LogP) is 3.04. The van der Waals surface area contributed by atoms with Gasteiger partial charge in [-0.1, -0.05) is 35.6 Å². The van der Waals surface area contributed by atoms with Crippen LogP contribution in [0.25, 0.3) is 0 Å². The number of hydrogen-bond acceptors (Lipinski definition) is 3. The highest BCUT2D eigenvalue weighted by molar-refractivity contribution is 9.09. The summed E-state index contributed by atoms with van der Waals surface area (Å²) in [6.07, 6.45) is -0.352. The quantitative estimate of drug-likeness (QED) is 0.259. The van der Waals surface area contributed by atoms with Crippen molar-refractivity contribution in [3.63, 3.8) is 0 Å². The maximum Gasteiger partial charge on any atom is 0.523 e. The minimum absolute atomic E-state index is 0.352. The average Bonchev–Trinajstić information content (AvgIpc) is 1.99. The highest BCUT2D eigenvalue weighted by atomic mass is 79.9. The highest BCUT2D eigenvalue weighted by Gasteiger charge is 2.47. The third-order valence-electron chi connectivity index (χ3n) is 0.931. The summed E-state index contributed by atoms with van der Waals surface area (Å²) in [5.41, 5.74) is -5.75. The lowest BCUT2D eigenvalue weighted by molar-refractivity contribution is -0.0532. The van der Waals surface area contributed by atoms with Crippen molar-refractivity contribution in [2.24, 2.45) is 0 Å². The van der Waals surface area contributed by atoms with E-state index in [0.717, 1.165) is 0 Å². The van der Waals surface area contributed by atoms with Crippen LogP contribution in [0.3, 0.4) is 0 Å².